The number of ether oxygens (including phenoxy) is 1. The van der Waals surface area contributed by atoms with Crippen LogP contribution in [0.4, 0.5) is 0 Å². The normalized spacial score (nSPS) is 47.9. The van der Waals surface area contributed by atoms with E-state index in [1.165, 1.54) is 31.2 Å². The van der Waals surface area contributed by atoms with Gasteiger partial charge in [-0.25, -0.2) is 0 Å². The van der Waals surface area contributed by atoms with Gasteiger partial charge in [0.15, 0.2) is 0 Å². The molecular formula is C33H49NO3. The van der Waals surface area contributed by atoms with Gasteiger partial charge in [0.2, 0.25) is 0 Å². The van der Waals surface area contributed by atoms with E-state index < -0.39 is 0 Å². The molecule has 1 aromatic rings. The molecule has 3 fully saturated rings. The number of esters is 1. The Morgan fingerprint density at radius 3 is 2.54 bits per heavy atom. The Labute approximate surface area is 224 Å². The number of methoxy groups -OCH3 is 1. The molecule has 0 amide bonds. The lowest BCUT2D eigenvalue weighted by molar-refractivity contribution is -0.169. The zero-order chi connectivity index (χ0) is 26.6. The molecule has 0 radical (unpaired) electrons. The maximum absolute atomic E-state index is 12.7. The van der Waals surface area contributed by atoms with E-state index in [0.29, 0.717) is 36.0 Å². The van der Waals surface area contributed by atoms with Crippen LogP contribution in [-0.4, -0.2) is 18.2 Å². The summed E-state index contributed by atoms with van der Waals surface area (Å²) in [7, 11) is 1.56. The van der Waals surface area contributed by atoms with E-state index >= 15 is 0 Å². The number of rotatable bonds is 2. The minimum atomic E-state index is -0.0159. The van der Waals surface area contributed by atoms with Gasteiger partial charge in [0, 0.05) is 11.0 Å². The molecule has 0 aliphatic heterocycles. The first kappa shape index (κ1) is 25.7. The van der Waals surface area contributed by atoms with Crippen LogP contribution >= 0.6 is 0 Å². The topological polar surface area (TPSA) is 52.3 Å². The molecule has 6 rings (SSSR count). The number of carbonyl (C=O) groups excluding carboxylic acids is 1. The van der Waals surface area contributed by atoms with E-state index in [1.54, 1.807) is 12.7 Å². The summed E-state index contributed by atoms with van der Waals surface area (Å²) in [6.07, 6.45) is 14.8. The summed E-state index contributed by atoms with van der Waals surface area (Å²) < 4.78 is 11.1. The highest BCUT2D eigenvalue weighted by atomic mass is 16.5. The van der Waals surface area contributed by atoms with Crippen molar-refractivity contribution >= 4 is 5.97 Å². The highest BCUT2D eigenvalue weighted by molar-refractivity contribution is 5.70. The molecule has 1 heterocycles. The standard InChI is InChI=1S/C33H49NO3/c1-20-11-14-33(18-26(35)36-8)16-15-31(6)23(27(33)21(20)2)9-10-25-30(5)17-22-19-34-37-28(22)29(3,4)24(30)12-13-32(25,31)7/h9,19-21,24-25,27H,10-18H2,1-8H3/t20-,21+,24+,25-,27+,30+,31-,32-,33-/m1/s1. The number of hydrogen-bond donors (Lipinski definition) is 0. The van der Waals surface area contributed by atoms with Crippen molar-refractivity contribution < 1.29 is 14.1 Å². The third-order valence-electron chi connectivity index (χ3n) is 13.8. The van der Waals surface area contributed by atoms with Crippen molar-refractivity contribution in [2.75, 3.05) is 7.11 Å². The Hall–Kier alpha value is -1.58. The lowest BCUT2D eigenvalue weighted by Gasteiger charge is -2.71. The molecule has 0 unspecified atom stereocenters. The van der Waals surface area contributed by atoms with Crippen LogP contribution in [0.15, 0.2) is 22.4 Å². The maximum Gasteiger partial charge on any atom is 0.306 e. The van der Waals surface area contributed by atoms with Crippen LogP contribution in [0.5, 0.6) is 0 Å². The van der Waals surface area contributed by atoms with Crippen molar-refractivity contribution in [1.29, 1.82) is 0 Å². The highest BCUT2D eigenvalue weighted by Gasteiger charge is 2.68. The van der Waals surface area contributed by atoms with E-state index in [9.17, 15) is 4.79 Å². The fraction of sp³-hybridized carbons (Fsp3) is 0.818. The van der Waals surface area contributed by atoms with Crippen molar-refractivity contribution in [2.24, 2.45) is 51.2 Å². The van der Waals surface area contributed by atoms with Crippen LogP contribution in [0.25, 0.3) is 0 Å². The van der Waals surface area contributed by atoms with Gasteiger partial charge in [-0.3, -0.25) is 4.79 Å². The lowest BCUT2D eigenvalue weighted by Crippen LogP contribution is -2.64. The number of nitrogens with zero attached hydrogens (tertiary/aromatic N) is 1. The van der Waals surface area contributed by atoms with E-state index in [1.807, 2.05) is 6.20 Å². The first-order valence-electron chi connectivity index (χ1n) is 15.1. The van der Waals surface area contributed by atoms with Gasteiger partial charge in [-0.1, -0.05) is 65.3 Å². The first-order chi connectivity index (χ1) is 17.3. The Morgan fingerprint density at radius 1 is 1.05 bits per heavy atom. The lowest BCUT2D eigenvalue weighted by atomic mass is 9.33. The monoisotopic (exact) mass is 507 g/mol. The largest absolute Gasteiger partial charge is 0.469 e. The molecule has 4 nitrogen and oxygen atoms in total. The van der Waals surface area contributed by atoms with E-state index in [4.69, 9.17) is 9.26 Å². The highest BCUT2D eigenvalue weighted by Crippen LogP contribution is 2.75. The average Bonchev–Trinajstić information content (AvgIpc) is 3.31. The fourth-order valence-electron chi connectivity index (χ4n) is 11.6. The van der Waals surface area contributed by atoms with E-state index in [2.05, 4.69) is 59.7 Å². The van der Waals surface area contributed by atoms with Crippen molar-refractivity contribution in [1.82, 2.24) is 5.16 Å². The second-order valence-electron chi connectivity index (χ2n) is 15.3. The molecule has 37 heavy (non-hydrogen) atoms. The van der Waals surface area contributed by atoms with Crippen LogP contribution in [0, 0.1) is 51.2 Å². The van der Waals surface area contributed by atoms with Crippen molar-refractivity contribution in [2.45, 2.75) is 112 Å². The molecular weight excluding hydrogens is 458 g/mol. The summed E-state index contributed by atoms with van der Waals surface area (Å²) in [4.78, 5) is 12.7. The summed E-state index contributed by atoms with van der Waals surface area (Å²) in [5.41, 5.74) is 3.79. The molecule has 0 aromatic carbocycles. The third kappa shape index (κ3) is 3.14. The fourth-order valence-corrected chi connectivity index (χ4v) is 11.6. The molecule has 0 bridgehead atoms. The number of fused-ring (bicyclic) bond motifs is 8. The van der Waals surface area contributed by atoms with Gasteiger partial charge >= 0.3 is 5.97 Å². The third-order valence-corrected chi connectivity index (χ3v) is 13.8. The van der Waals surface area contributed by atoms with Gasteiger partial charge in [0.1, 0.15) is 5.76 Å². The molecule has 9 atom stereocenters. The Kier molecular flexibility index (Phi) is 5.54. The summed E-state index contributed by atoms with van der Waals surface area (Å²) >= 11 is 0. The van der Waals surface area contributed by atoms with Crippen LogP contribution < -0.4 is 0 Å². The zero-order valence-corrected chi connectivity index (χ0v) is 24.6. The summed E-state index contributed by atoms with van der Waals surface area (Å²) in [5.74, 6) is 4.15. The van der Waals surface area contributed by atoms with E-state index in [0.717, 1.165) is 31.4 Å². The number of hydrogen-bond acceptors (Lipinski definition) is 4. The SMILES string of the molecule is COC(=O)C[C@]12CC[C@@H](C)[C@H](C)[C@H]1C1=CC[C@@H]3[C@@]4(C)Cc5cnoc5C(C)(C)[C@@H]4CC[C@@]3(C)[C@]1(C)CC2. The second-order valence-corrected chi connectivity index (χ2v) is 15.3. The van der Waals surface area contributed by atoms with Crippen LogP contribution in [0.1, 0.15) is 111 Å². The van der Waals surface area contributed by atoms with Gasteiger partial charge in [0.25, 0.3) is 0 Å². The quantitative estimate of drug-likeness (QED) is 0.301. The predicted molar refractivity (Wildman–Crippen MR) is 146 cm³/mol. The van der Waals surface area contributed by atoms with Gasteiger partial charge in [-0.2, -0.15) is 0 Å². The minimum Gasteiger partial charge on any atom is -0.469 e. The Balaban J connectivity index is 1.45. The van der Waals surface area contributed by atoms with Crippen molar-refractivity contribution in [3.8, 4) is 0 Å². The zero-order valence-electron chi connectivity index (χ0n) is 24.6. The van der Waals surface area contributed by atoms with Gasteiger partial charge in [0.05, 0.1) is 19.7 Å². The molecule has 5 aliphatic rings. The first-order valence-corrected chi connectivity index (χ1v) is 15.1. The maximum atomic E-state index is 12.7. The molecule has 1 aromatic heterocycles. The van der Waals surface area contributed by atoms with Gasteiger partial charge in [-0.15, -0.1) is 0 Å². The van der Waals surface area contributed by atoms with Crippen molar-refractivity contribution in [3.63, 3.8) is 0 Å². The van der Waals surface area contributed by atoms with Crippen molar-refractivity contribution in [3.05, 3.63) is 29.2 Å². The van der Waals surface area contributed by atoms with Gasteiger partial charge < -0.3 is 9.26 Å². The molecule has 0 N–H and O–H groups in total. The summed E-state index contributed by atoms with van der Waals surface area (Å²) in [5, 5.41) is 4.26. The predicted octanol–water partition coefficient (Wildman–Crippen LogP) is 7.91. The Bertz CT molecular complexity index is 1130. The summed E-state index contributed by atoms with van der Waals surface area (Å²) in [6, 6.07) is 0. The number of aromatic nitrogens is 1. The molecule has 5 aliphatic carbocycles. The molecule has 3 saturated carbocycles. The van der Waals surface area contributed by atoms with Crippen LogP contribution in [0.2, 0.25) is 0 Å². The molecule has 0 spiro atoms. The second kappa shape index (κ2) is 7.98. The smallest absolute Gasteiger partial charge is 0.306 e. The molecule has 4 heteroatoms. The molecule has 0 saturated heterocycles. The van der Waals surface area contributed by atoms with E-state index in [-0.39, 0.29) is 33.0 Å². The van der Waals surface area contributed by atoms with Gasteiger partial charge in [-0.05, 0) is 103 Å². The number of carbonyl (C=O) groups is 1. The summed E-state index contributed by atoms with van der Waals surface area (Å²) in [6.45, 7) is 17.6. The minimum absolute atomic E-state index is 0.0145. The van der Waals surface area contributed by atoms with Crippen LogP contribution in [-0.2, 0) is 21.4 Å². The average molecular weight is 508 g/mol. The molecule has 204 valence electrons. The van der Waals surface area contributed by atoms with Crippen LogP contribution in [0.3, 0.4) is 0 Å². The Morgan fingerprint density at radius 2 is 1.81 bits per heavy atom. The number of allylic oxidation sites excluding steroid dienone is 2.